The van der Waals surface area contributed by atoms with Gasteiger partial charge in [-0.25, -0.2) is 4.39 Å². The quantitative estimate of drug-likeness (QED) is 0.741. The minimum atomic E-state index is -0.715. The molecule has 1 atom stereocenters. The molecule has 1 saturated heterocycles. The van der Waals surface area contributed by atoms with E-state index in [9.17, 15) is 14.0 Å². The summed E-state index contributed by atoms with van der Waals surface area (Å²) in [5, 5.41) is 9.11. The van der Waals surface area contributed by atoms with Gasteiger partial charge in [-0.2, -0.15) is 5.10 Å². The van der Waals surface area contributed by atoms with Gasteiger partial charge in [0.1, 0.15) is 17.7 Å². The van der Waals surface area contributed by atoms with Crippen molar-refractivity contribution in [2.45, 2.75) is 12.5 Å². The zero-order chi connectivity index (χ0) is 17.4. The number of carbonyl (C=O) groups is 2. The van der Waals surface area contributed by atoms with E-state index in [1.54, 1.807) is 12.3 Å². The maximum absolute atomic E-state index is 14.2. The third kappa shape index (κ3) is 2.69. The molecule has 25 heavy (non-hydrogen) atoms. The van der Waals surface area contributed by atoms with Gasteiger partial charge in [0.05, 0.1) is 22.8 Å². The van der Waals surface area contributed by atoms with Gasteiger partial charge in [-0.1, -0.05) is 0 Å². The summed E-state index contributed by atoms with van der Waals surface area (Å²) in [7, 11) is 0. The van der Waals surface area contributed by atoms with E-state index in [1.807, 2.05) is 0 Å². The highest BCUT2D eigenvalue weighted by molar-refractivity contribution is 6.04. The molecule has 126 valence electrons. The first-order valence-electron chi connectivity index (χ1n) is 7.65. The van der Waals surface area contributed by atoms with Crippen LogP contribution in [0.2, 0.25) is 0 Å². The number of hydrogen-bond acceptors (Lipinski definition) is 5. The van der Waals surface area contributed by atoms with Crippen molar-refractivity contribution in [3.8, 4) is 0 Å². The lowest BCUT2D eigenvalue weighted by Gasteiger charge is -2.15. The van der Waals surface area contributed by atoms with E-state index in [4.69, 9.17) is 0 Å². The monoisotopic (exact) mass is 340 g/mol. The van der Waals surface area contributed by atoms with Crippen LogP contribution in [0, 0.1) is 5.82 Å². The Morgan fingerprint density at radius 1 is 1.24 bits per heavy atom. The number of H-pyrrole nitrogens is 1. The van der Waals surface area contributed by atoms with Crippen LogP contribution in [0.5, 0.6) is 0 Å². The van der Waals surface area contributed by atoms with Gasteiger partial charge in [-0.05, 0) is 12.5 Å². The highest BCUT2D eigenvalue weighted by atomic mass is 19.1. The third-order valence-corrected chi connectivity index (χ3v) is 4.09. The number of halogens is 1. The van der Waals surface area contributed by atoms with Crippen molar-refractivity contribution >= 4 is 28.7 Å². The highest BCUT2D eigenvalue weighted by Crippen LogP contribution is 2.20. The minimum absolute atomic E-state index is 0.166. The molecule has 4 rings (SSSR count). The number of nitrogens with one attached hydrogen (secondary N) is 2. The second-order valence-corrected chi connectivity index (χ2v) is 5.62. The summed E-state index contributed by atoms with van der Waals surface area (Å²) in [5.41, 5.74) is 0.602. The van der Waals surface area contributed by atoms with Crippen molar-refractivity contribution in [3.63, 3.8) is 0 Å². The summed E-state index contributed by atoms with van der Waals surface area (Å²) < 4.78 is 14.2. The molecule has 0 radical (unpaired) electrons. The zero-order valence-corrected chi connectivity index (χ0v) is 12.9. The number of nitrogens with zero attached hydrogens (tertiary/aromatic N) is 4. The molecule has 9 heteroatoms. The molecule has 1 aliphatic heterocycles. The van der Waals surface area contributed by atoms with Crippen LogP contribution in [0.25, 0.3) is 11.0 Å². The van der Waals surface area contributed by atoms with Crippen LogP contribution in [0.15, 0.2) is 36.8 Å². The molecule has 0 spiro atoms. The summed E-state index contributed by atoms with van der Waals surface area (Å²) in [4.78, 5) is 34.4. The average molecular weight is 340 g/mol. The molecule has 0 aliphatic carbocycles. The van der Waals surface area contributed by atoms with E-state index >= 15 is 0 Å². The molecular weight excluding hydrogens is 327 g/mol. The molecule has 2 aromatic heterocycles. The van der Waals surface area contributed by atoms with Crippen LogP contribution >= 0.6 is 0 Å². The molecule has 1 fully saturated rings. The molecule has 0 bridgehead atoms. The van der Waals surface area contributed by atoms with Gasteiger partial charge in [0.2, 0.25) is 0 Å². The first-order valence-corrected chi connectivity index (χ1v) is 7.65. The minimum Gasteiger partial charge on any atom is -0.340 e. The van der Waals surface area contributed by atoms with Crippen LogP contribution in [-0.4, -0.2) is 44.6 Å². The van der Waals surface area contributed by atoms with Gasteiger partial charge < -0.3 is 5.32 Å². The molecule has 1 aromatic carbocycles. The van der Waals surface area contributed by atoms with Crippen molar-refractivity contribution in [2.75, 3.05) is 11.4 Å². The number of hydrogen-bond donors (Lipinski definition) is 2. The Balaban J connectivity index is 1.54. The van der Waals surface area contributed by atoms with Crippen molar-refractivity contribution < 1.29 is 14.0 Å². The number of anilines is 1. The average Bonchev–Trinajstić information content (AvgIpc) is 3.25. The fourth-order valence-electron chi connectivity index (χ4n) is 2.85. The summed E-state index contributed by atoms with van der Waals surface area (Å²) >= 11 is 0. The predicted octanol–water partition coefficient (Wildman–Crippen LogP) is 1.03. The van der Waals surface area contributed by atoms with Gasteiger partial charge in [0.25, 0.3) is 11.8 Å². The Hall–Kier alpha value is -3.36. The molecule has 3 heterocycles. The number of rotatable bonds is 3. The summed E-state index contributed by atoms with van der Waals surface area (Å²) in [5.74, 6) is -1.07. The van der Waals surface area contributed by atoms with E-state index in [0.29, 0.717) is 29.8 Å². The molecule has 0 saturated carbocycles. The maximum atomic E-state index is 14.2. The molecule has 8 nitrogen and oxygen atoms in total. The van der Waals surface area contributed by atoms with Gasteiger partial charge >= 0.3 is 0 Å². The van der Waals surface area contributed by atoms with Crippen LogP contribution in [0.1, 0.15) is 16.8 Å². The van der Waals surface area contributed by atoms with Gasteiger partial charge in [-0.3, -0.25) is 29.6 Å². The normalized spacial score (nSPS) is 17.2. The molecule has 1 aliphatic rings. The first kappa shape index (κ1) is 15.2. The Kier molecular flexibility index (Phi) is 3.60. The lowest BCUT2D eigenvalue weighted by molar-refractivity contribution is -0.118. The molecule has 1 unspecified atom stereocenters. The second-order valence-electron chi connectivity index (χ2n) is 5.62. The van der Waals surface area contributed by atoms with E-state index in [0.717, 1.165) is 6.07 Å². The van der Waals surface area contributed by atoms with Crippen molar-refractivity contribution in [3.05, 3.63) is 48.2 Å². The lowest BCUT2D eigenvalue weighted by atomic mass is 10.1. The van der Waals surface area contributed by atoms with Gasteiger partial charge in [-0.15, -0.1) is 0 Å². The molecule has 2 amide bonds. The number of aromatic nitrogens is 4. The summed E-state index contributed by atoms with van der Waals surface area (Å²) in [6.45, 7) is 0.442. The van der Waals surface area contributed by atoms with E-state index < -0.39 is 17.8 Å². The van der Waals surface area contributed by atoms with Crippen LogP contribution in [-0.2, 0) is 4.79 Å². The fraction of sp³-hybridized carbons (Fsp3) is 0.188. The number of benzene rings is 1. The van der Waals surface area contributed by atoms with Gasteiger partial charge in [0.15, 0.2) is 0 Å². The Bertz CT molecular complexity index is 958. The van der Waals surface area contributed by atoms with Crippen LogP contribution in [0.4, 0.5) is 10.2 Å². The van der Waals surface area contributed by atoms with Crippen molar-refractivity contribution in [2.24, 2.45) is 0 Å². The first-order chi connectivity index (χ1) is 12.1. The fourth-order valence-corrected chi connectivity index (χ4v) is 2.85. The number of fused-ring (bicyclic) bond motifs is 1. The zero-order valence-electron chi connectivity index (χ0n) is 12.9. The second kappa shape index (κ2) is 5.93. The SMILES string of the molecule is O=C(NC1CCN(c2ccn[nH]2)C1=O)c1cc2nccnc2cc1F. The smallest absolute Gasteiger partial charge is 0.254 e. The summed E-state index contributed by atoms with van der Waals surface area (Å²) in [6, 6.07) is 3.45. The van der Waals surface area contributed by atoms with Gasteiger partial charge in [0, 0.05) is 31.1 Å². The standard InChI is InChI=1S/C16H13FN6O2/c17-10-8-13-12(18-4-5-19-13)7-9(10)15(24)21-11-2-6-23(16(11)25)14-1-3-20-22-14/h1,3-5,7-8,11H,2,6H2,(H,20,22)(H,21,24). The predicted molar refractivity (Wildman–Crippen MR) is 86.3 cm³/mol. The van der Waals surface area contributed by atoms with Crippen molar-refractivity contribution in [1.82, 2.24) is 25.5 Å². The lowest BCUT2D eigenvalue weighted by Crippen LogP contribution is -2.41. The number of amides is 2. The molecule has 2 N–H and O–H groups in total. The Morgan fingerprint density at radius 3 is 2.72 bits per heavy atom. The van der Waals surface area contributed by atoms with Crippen LogP contribution < -0.4 is 10.2 Å². The molecular formula is C16H13FN6O2. The maximum Gasteiger partial charge on any atom is 0.254 e. The van der Waals surface area contributed by atoms with E-state index in [2.05, 4.69) is 25.5 Å². The number of carbonyl (C=O) groups excluding carboxylic acids is 2. The Morgan fingerprint density at radius 2 is 2.00 bits per heavy atom. The topological polar surface area (TPSA) is 104 Å². The number of aromatic amines is 1. The van der Waals surface area contributed by atoms with E-state index in [1.165, 1.54) is 23.4 Å². The molecule has 3 aromatic rings. The summed E-state index contributed by atoms with van der Waals surface area (Å²) in [6.07, 6.45) is 4.88. The van der Waals surface area contributed by atoms with E-state index in [-0.39, 0.29) is 11.5 Å². The van der Waals surface area contributed by atoms with Crippen LogP contribution in [0.3, 0.4) is 0 Å². The Labute approximate surface area is 141 Å². The van der Waals surface area contributed by atoms with Crippen molar-refractivity contribution in [1.29, 1.82) is 0 Å². The third-order valence-electron chi connectivity index (χ3n) is 4.09. The highest BCUT2D eigenvalue weighted by Gasteiger charge is 2.34. The largest absolute Gasteiger partial charge is 0.340 e.